The van der Waals surface area contributed by atoms with Crippen molar-refractivity contribution >= 4 is 28.5 Å². The number of amides is 2. The van der Waals surface area contributed by atoms with E-state index in [0.29, 0.717) is 23.4 Å². The van der Waals surface area contributed by atoms with Crippen molar-refractivity contribution in [3.63, 3.8) is 0 Å². The summed E-state index contributed by atoms with van der Waals surface area (Å²) in [7, 11) is 1.58. The van der Waals surface area contributed by atoms with Crippen molar-refractivity contribution in [3.8, 4) is 5.75 Å². The lowest BCUT2D eigenvalue weighted by Crippen LogP contribution is -2.47. The summed E-state index contributed by atoms with van der Waals surface area (Å²) in [4.78, 5) is 32.5. The van der Waals surface area contributed by atoms with Crippen LogP contribution in [0.4, 0.5) is 5.69 Å². The summed E-state index contributed by atoms with van der Waals surface area (Å²) in [6, 6.07) is 17.5. The van der Waals surface area contributed by atoms with Gasteiger partial charge >= 0.3 is 0 Å². The third-order valence-corrected chi connectivity index (χ3v) is 5.52. The van der Waals surface area contributed by atoms with Gasteiger partial charge < -0.3 is 15.0 Å². The van der Waals surface area contributed by atoms with Crippen molar-refractivity contribution in [1.29, 1.82) is 0 Å². The fourth-order valence-corrected chi connectivity index (χ4v) is 3.76. The Labute approximate surface area is 197 Å². The second-order valence-corrected chi connectivity index (χ2v) is 7.76. The van der Waals surface area contributed by atoms with E-state index >= 15 is 0 Å². The van der Waals surface area contributed by atoms with Gasteiger partial charge in [0, 0.05) is 24.6 Å². The summed E-state index contributed by atoms with van der Waals surface area (Å²) < 4.78 is 6.73. The van der Waals surface area contributed by atoms with Gasteiger partial charge in [0.1, 0.15) is 23.9 Å². The molecule has 0 spiro atoms. The third-order valence-electron chi connectivity index (χ3n) is 5.52. The minimum Gasteiger partial charge on any atom is -0.497 e. The number of hydrogen-bond donors (Lipinski definition) is 1. The molecule has 4 aromatic rings. The first-order valence-corrected chi connectivity index (χ1v) is 11.0. The normalized spacial score (nSPS) is 11.7. The molecule has 174 valence electrons. The van der Waals surface area contributed by atoms with Crippen LogP contribution in [0.1, 0.15) is 18.9 Å². The molecular formula is C25H26N6O3. The van der Waals surface area contributed by atoms with Gasteiger partial charge in [-0.05, 0) is 54.4 Å². The van der Waals surface area contributed by atoms with Crippen LogP contribution >= 0.6 is 0 Å². The molecule has 2 heterocycles. The monoisotopic (exact) mass is 458 g/mol. The van der Waals surface area contributed by atoms with Crippen molar-refractivity contribution in [3.05, 3.63) is 78.6 Å². The zero-order chi connectivity index (χ0) is 23.9. The molecule has 0 aliphatic rings. The average Bonchev–Trinajstić information content (AvgIpc) is 3.27. The largest absolute Gasteiger partial charge is 0.497 e. The Morgan fingerprint density at radius 2 is 1.88 bits per heavy atom. The van der Waals surface area contributed by atoms with Gasteiger partial charge in [0.2, 0.25) is 11.8 Å². The summed E-state index contributed by atoms with van der Waals surface area (Å²) >= 11 is 0. The Balaban J connectivity index is 1.58. The van der Waals surface area contributed by atoms with Gasteiger partial charge in [-0.2, -0.15) is 0 Å². The number of methoxy groups -OCH3 is 1. The lowest BCUT2D eigenvalue weighted by molar-refractivity contribution is -0.140. The predicted octanol–water partition coefficient (Wildman–Crippen LogP) is 3.28. The number of nitrogens with zero attached hydrogens (tertiary/aromatic N) is 5. The zero-order valence-corrected chi connectivity index (χ0v) is 19.1. The summed E-state index contributed by atoms with van der Waals surface area (Å²) in [5.74, 6) is 0.183. The molecule has 9 heteroatoms. The van der Waals surface area contributed by atoms with Crippen LogP contribution in [-0.4, -0.2) is 49.8 Å². The Kier molecular flexibility index (Phi) is 7.12. The molecule has 0 aliphatic carbocycles. The highest BCUT2D eigenvalue weighted by Crippen LogP contribution is 2.19. The van der Waals surface area contributed by atoms with Crippen molar-refractivity contribution in [2.75, 3.05) is 12.4 Å². The minimum absolute atomic E-state index is 0.0346. The van der Waals surface area contributed by atoms with Crippen LogP contribution in [0.3, 0.4) is 0 Å². The van der Waals surface area contributed by atoms with Crippen molar-refractivity contribution in [1.82, 2.24) is 24.9 Å². The van der Waals surface area contributed by atoms with E-state index in [1.165, 1.54) is 0 Å². The number of hydrogen-bond acceptors (Lipinski definition) is 6. The number of rotatable bonds is 9. The highest BCUT2D eigenvalue weighted by atomic mass is 16.5. The van der Waals surface area contributed by atoms with Gasteiger partial charge in [-0.25, -0.2) is 4.68 Å². The van der Waals surface area contributed by atoms with Gasteiger partial charge in [0.05, 0.1) is 12.6 Å². The molecule has 0 radical (unpaired) electrons. The van der Waals surface area contributed by atoms with E-state index in [1.807, 2.05) is 37.3 Å². The molecule has 1 N–H and O–H groups in total. The molecule has 0 saturated carbocycles. The van der Waals surface area contributed by atoms with E-state index in [0.717, 1.165) is 11.1 Å². The third kappa shape index (κ3) is 5.20. The number of carbonyl (C=O) groups excluding carboxylic acids is 2. The number of aromatic nitrogens is 4. The van der Waals surface area contributed by atoms with Crippen molar-refractivity contribution in [2.45, 2.75) is 32.5 Å². The Hall–Kier alpha value is -4.27. The first kappa shape index (κ1) is 22.9. The molecule has 0 bridgehead atoms. The highest BCUT2D eigenvalue weighted by molar-refractivity contribution is 5.97. The lowest BCUT2D eigenvalue weighted by Gasteiger charge is -2.30. The second kappa shape index (κ2) is 10.6. The molecule has 4 rings (SSSR count). The summed E-state index contributed by atoms with van der Waals surface area (Å²) in [5, 5.41) is 11.2. The number of fused-ring (bicyclic) bond motifs is 1. The van der Waals surface area contributed by atoms with Crippen LogP contribution in [0.2, 0.25) is 0 Å². The van der Waals surface area contributed by atoms with Crippen LogP contribution in [0.15, 0.2) is 73.1 Å². The molecule has 1 atom stereocenters. The zero-order valence-electron chi connectivity index (χ0n) is 19.1. The van der Waals surface area contributed by atoms with Crippen LogP contribution in [0.25, 0.3) is 11.0 Å². The maximum Gasteiger partial charge on any atom is 0.247 e. The van der Waals surface area contributed by atoms with Gasteiger partial charge in [-0.15, -0.1) is 5.10 Å². The summed E-state index contributed by atoms with van der Waals surface area (Å²) in [5.41, 5.74) is 2.92. The van der Waals surface area contributed by atoms with E-state index in [4.69, 9.17) is 4.74 Å². The number of ether oxygens (including phenoxy) is 1. The van der Waals surface area contributed by atoms with Gasteiger partial charge in [-0.3, -0.25) is 14.6 Å². The van der Waals surface area contributed by atoms with Gasteiger partial charge in [0.25, 0.3) is 0 Å². The first-order valence-electron chi connectivity index (χ1n) is 11.0. The number of para-hydroxylation sites is 1. The first-order chi connectivity index (χ1) is 16.6. The van der Waals surface area contributed by atoms with Crippen LogP contribution in [0.5, 0.6) is 5.75 Å². The standard InChI is InChI=1S/C25H26N6O3/c1-3-22(25(33)27-19-10-12-20(34-2)13-11-19)30(16-18-7-6-14-26-15-18)24(32)17-31-23-9-5-4-8-21(23)28-29-31/h4-15,22H,3,16-17H2,1-2H3,(H,27,33)/t22-/m0/s1. The molecule has 34 heavy (non-hydrogen) atoms. The maximum absolute atomic E-state index is 13.5. The van der Waals surface area contributed by atoms with E-state index in [9.17, 15) is 9.59 Å². The van der Waals surface area contributed by atoms with E-state index in [-0.39, 0.29) is 24.9 Å². The van der Waals surface area contributed by atoms with Crippen molar-refractivity contribution < 1.29 is 14.3 Å². The number of benzene rings is 2. The quantitative estimate of drug-likeness (QED) is 0.413. The average molecular weight is 459 g/mol. The molecule has 2 aromatic heterocycles. The predicted molar refractivity (Wildman–Crippen MR) is 128 cm³/mol. The molecule has 2 aromatic carbocycles. The molecule has 0 saturated heterocycles. The van der Waals surface area contributed by atoms with Crippen molar-refractivity contribution in [2.24, 2.45) is 0 Å². The van der Waals surface area contributed by atoms with E-state index in [1.54, 1.807) is 59.4 Å². The Morgan fingerprint density at radius 1 is 1.09 bits per heavy atom. The molecule has 0 aliphatic heterocycles. The number of carbonyl (C=O) groups is 2. The highest BCUT2D eigenvalue weighted by Gasteiger charge is 2.29. The second-order valence-electron chi connectivity index (χ2n) is 7.76. The molecular weight excluding hydrogens is 432 g/mol. The fraction of sp³-hybridized carbons (Fsp3) is 0.240. The lowest BCUT2D eigenvalue weighted by atomic mass is 10.1. The summed E-state index contributed by atoms with van der Waals surface area (Å²) in [6.07, 6.45) is 3.80. The van der Waals surface area contributed by atoms with Gasteiger partial charge in [-0.1, -0.05) is 30.3 Å². The summed E-state index contributed by atoms with van der Waals surface area (Å²) in [6.45, 7) is 2.09. The van der Waals surface area contributed by atoms with E-state index < -0.39 is 6.04 Å². The van der Waals surface area contributed by atoms with Crippen LogP contribution in [-0.2, 0) is 22.7 Å². The molecule has 0 fully saturated rings. The molecule has 0 unspecified atom stereocenters. The topological polar surface area (TPSA) is 102 Å². The number of anilines is 1. The number of nitrogens with one attached hydrogen (secondary N) is 1. The number of pyridine rings is 1. The van der Waals surface area contributed by atoms with Crippen LogP contribution in [0, 0.1) is 0 Å². The molecule has 9 nitrogen and oxygen atoms in total. The Bertz CT molecular complexity index is 1260. The minimum atomic E-state index is -0.690. The fourth-order valence-electron chi connectivity index (χ4n) is 3.76. The maximum atomic E-state index is 13.5. The SMILES string of the molecule is CC[C@@H](C(=O)Nc1ccc(OC)cc1)N(Cc1cccnc1)C(=O)Cn1nnc2ccccc21. The Morgan fingerprint density at radius 3 is 2.59 bits per heavy atom. The molecule has 2 amide bonds. The van der Waals surface area contributed by atoms with E-state index in [2.05, 4.69) is 20.6 Å². The van der Waals surface area contributed by atoms with Crippen LogP contribution < -0.4 is 10.1 Å². The van der Waals surface area contributed by atoms with Gasteiger partial charge in [0.15, 0.2) is 0 Å². The smallest absolute Gasteiger partial charge is 0.247 e.